The molecule has 4 aromatic rings. The fraction of sp³-hybridized carbons (Fsp3) is 0.233. The summed E-state index contributed by atoms with van der Waals surface area (Å²) in [6.45, 7) is 2.56. The van der Waals surface area contributed by atoms with E-state index in [1.54, 1.807) is 23.9 Å². The van der Waals surface area contributed by atoms with Gasteiger partial charge in [-0.1, -0.05) is 54.6 Å². The molecule has 1 aliphatic heterocycles. The molecule has 9 heteroatoms. The normalized spacial score (nSPS) is 15.1. The highest BCUT2D eigenvalue weighted by Crippen LogP contribution is 2.49. The van der Waals surface area contributed by atoms with Crippen LogP contribution in [0, 0.1) is 12.7 Å². The molecule has 5 rings (SSSR count). The predicted molar refractivity (Wildman–Crippen MR) is 152 cm³/mol. The van der Waals surface area contributed by atoms with E-state index in [1.165, 1.54) is 28.8 Å². The van der Waals surface area contributed by atoms with E-state index in [0.29, 0.717) is 30.4 Å². The zero-order valence-electron chi connectivity index (χ0n) is 21.8. The summed E-state index contributed by atoms with van der Waals surface area (Å²) in [7, 11) is 1.56. The van der Waals surface area contributed by atoms with E-state index in [9.17, 15) is 14.0 Å². The number of nitrogens with zero attached hydrogens (tertiary/aromatic N) is 3. The van der Waals surface area contributed by atoms with Crippen LogP contribution in [0.4, 0.5) is 10.2 Å². The zero-order chi connectivity index (χ0) is 27.4. The Balaban J connectivity index is 1.76. The average Bonchev–Trinajstić information content (AvgIpc) is 3.27. The number of rotatable bonds is 8. The Morgan fingerprint density at radius 1 is 1.08 bits per heavy atom. The van der Waals surface area contributed by atoms with Crippen molar-refractivity contribution in [1.82, 2.24) is 15.1 Å². The van der Waals surface area contributed by atoms with Gasteiger partial charge in [0, 0.05) is 24.8 Å². The lowest BCUT2D eigenvalue weighted by Gasteiger charge is -2.23. The minimum Gasteiger partial charge on any atom is -0.383 e. The number of nitrogens with one attached hydrogen (secondary N) is 1. The van der Waals surface area contributed by atoms with Crippen molar-refractivity contribution in [1.29, 1.82) is 0 Å². The van der Waals surface area contributed by atoms with Gasteiger partial charge in [-0.2, -0.15) is 5.10 Å². The van der Waals surface area contributed by atoms with Gasteiger partial charge in [-0.05, 0) is 42.3 Å². The number of amides is 2. The first kappa shape index (κ1) is 26.6. The van der Waals surface area contributed by atoms with Crippen LogP contribution >= 0.6 is 11.8 Å². The van der Waals surface area contributed by atoms with Crippen molar-refractivity contribution in [2.24, 2.45) is 0 Å². The molecule has 0 unspecified atom stereocenters. The molecule has 0 radical (unpaired) electrons. The largest absolute Gasteiger partial charge is 0.383 e. The Hall–Kier alpha value is -3.95. The Morgan fingerprint density at radius 2 is 1.79 bits per heavy atom. The van der Waals surface area contributed by atoms with Gasteiger partial charge >= 0.3 is 0 Å². The number of halogens is 1. The summed E-state index contributed by atoms with van der Waals surface area (Å²) in [5.74, 6) is -0.206. The molecule has 1 atom stereocenters. The number of aromatic nitrogens is 2. The maximum atomic E-state index is 13.9. The third-order valence-electron chi connectivity index (χ3n) is 6.61. The maximum absolute atomic E-state index is 13.9. The number of carbonyl (C=O) groups is 2. The minimum atomic E-state index is -0.376. The highest BCUT2D eigenvalue weighted by atomic mass is 32.2. The summed E-state index contributed by atoms with van der Waals surface area (Å²) in [6.07, 6.45) is 0. The van der Waals surface area contributed by atoms with Crippen molar-refractivity contribution in [2.75, 3.05) is 37.5 Å². The first-order valence-electron chi connectivity index (χ1n) is 12.7. The molecular weight excluding hydrogens is 515 g/mol. The van der Waals surface area contributed by atoms with Gasteiger partial charge in [0.05, 0.1) is 29.0 Å². The van der Waals surface area contributed by atoms with E-state index in [1.807, 2.05) is 42.5 Å². The van der Waals surface area contributed by atoms with Crippen LogP contribution in [0.3, 0.4) is 0 Å². The average molecular weight is 545 g/mol. The van der Waals surface area contributed by atoms with Gasteiger partial charge in [-0.3, -0.25) is 14.5 Å². The molecule has 2 amide bonds. The van der Waals surface area contributed by atoms with Gasteiger partial charge in [0.2, 0.25) is 11.8 Å². The standard InChI is InChI=1S/C30H29FN4O3S/c1-20-8-6-7-11-24(20)29-27-28(21-9-4-3-5-10-21)33-35(23-14-12-22(31)13-15-23)30(27)34(26(37)19-39-29)18-25(36)32-16-17-38-2/h3-15,29H,16-19H2,1-2H3,(H,32,36)/t29-/m0/s1. The highest BCUT2D eigenvalue weighted by Gasteiger charge is 2.38. The fourth-order valence-electron chi connectivity index (χ4n) is 4.71. The van der Waals surface area contributed by atoms with Gasteiger partial charge in [0.1, 0.15) is 18.2 Å². The second-order valence-corrected chi connectivity index (χ2v) is 10.3. The van der Waals surface area contributed by atoms with E-state index >= 15 is 0 Å². The molecule has 0 saturated heterocycles. The molecule has 3 aromatic carbocycles. The molecule has 0 saturated carbocycles. The molecule has 0 aliphatic carbocycles. The lowest BCUT2D eigenvalue weighted by atomic mass is 9.97. The highest BCUT2D eigenvalue weighted by molar-refractivity contribution is 8.00. The van der Waals surface area contributed by atoms with Gasteiger partial charge in [0.25, 0.3) is 0 Å². The smallest absolute Gasteiger partial charge is 0.240 e. The summed E-state index contributed by atoms with van der Waals surface area (Å²) in [6, 6.07) is 23.8. The van der Waals surface area contributed by atoms with Crippen LogP contribution in [0.1, 0.15) is 21.9 Å². The SMILES string of the molecule is COCCNC(=O)CN1C(=O)CS[C@@H](c2ccccc2C)c2c(-c3ccccc3)nn(-c3ccc(F)cc3)c21. The number of hydrogen-bond acceptors (Lipinski definition) is 5. The monoisotopic (exact) mass is 544 g/mol. The molecule has 0 bridgehead atoms. The van der Waals surface area contributed by atoms with Crippen LogP contribution in [0.2, 0.25) is 0 Å². The Labute approximate surface area is 231 Å². The predicted octanol–water partition coefficient (Wildman–Crippen LogP) is 4.92. The van der Waals surface area contributed by atoms with Crippen molar-refractivity contribution in [3.63, 3.8) is 0 Å². The zero-order valence-corrected chi connectivity index (χ0v) is 22.6. The van der Waals surface area contributed by atoms with Gasteiger partial charge in [-0.15, -0.1) is 11.8 Å². The molecule has 0 spiro atoms. The summed E-state index contributed by atoms with van der Waals surface area (Å²) in [5.41, 5.74) is 5.16. The number of thioether (sulfide) groups is 1. The number of carbonyl (C=O) groups excluding carboxylic acids is 2. The minimum absolute atomic E-state index is 0.177. The number of anilines is 1. The van der Waals surface area contributed by atoms with Crippen LogP contribution < -0.4 is 10.2 Å². The Morgan fingerprint density at radius 3 is 2.51 bits per heavy atom. The second kappa shape index (κ2) is 11.8. The summed E-state index contributed by atoms with van der Waals surface area (Å²) >= 11 is 1.52. The van der Waals surface area contributed by atoms with E-state index in [0.717, 1.165) is 22.3 Å². The van der Waals surface area contributed by atoms with Crippen molar-refractivity contribution >= 4 is 29.4 Å². The number of fused-ring (bicyclic) bond motifs is 1. The molecule has 1 aromatic heterocycles. The summed E-state index contributed by atoms with van der Waals surface area (Å²) in [5, 5.41) is 7.60. The molecule has 39 heavy (non-hydrogen) atoms. The van der Waals surface area contributed by atoms with Crippen LogP contribution in [-0.2, 0) is 14.3 Å². The van der Waals surface area contributed by atoms with Gasteiger partial charge in [0.15, 0.2) is 0 Å². The van der Waals surface area contributed by atoms with Crippen molar-refractivity contribution in [3.05, 3.63) is 101 Å². The number of hydrogen-bond donors (Lipinski definition) is 1. The molecule has 0 fully saturated rings. The third kappa shape index (κ3) is 5.60. The van der Waals surface area contributed by atoms with E-state index in [-0.39, 0.29) is 35.2 Å². The van der Waals surface area contributed by atoms with E-state index < -0.39 is 0 Å². The van der Waals surface area contributed by atoms with E-state index in [4.69, 9.17) is 9.84 Å². The van der Waals surface area contributed by atoms with Crippen LogP contribution in [-0.4, -0.2) is 54.2 Å². The summed E-state index contributed by atoms with van der Waals surface area (Å²) < 4.78 is 20.6. The van der Waals surface area contributed by atoms with Gasteiger partial charge in [-0.25, -0.2) is 9.07 Å². The number of ether oxygens (including phenoxy) is 1. The molecule has 1 N–H and O–H groups in total. The first-order valence-corrected chi connectivity index (χ1v) is 13.7. The quantitative estimate of drug-likeness (QED) is 0.319. The van der Waals surface area contributed by atoms with Crippen LogP contribution in [0.5, 0.6) is 0 Å². The van der Waals surface area contributed by atoms with Crippen molar-refractivity contribution in [2.45, 2.75) is 12.2 Å². The van der Waals surface area contributed by atoms with Crippen LogP contribution in [0.25, 0.3) is 16.9 Å². The van der Waals surface area contributed by atoms with E-state index in [2.05, 4.69) is 24.4 Å². The maximum Gasteiger partial charge on any atom is 0.240 e. The molecule has 1 aliphatic rings. The number of aryl methyl sites for hydroxylation is 1. The van der Waals surface area contributed by atoms with Crippen LogP contribution in [0.15, 0.2) is 78.9 Å². The number of benzene rings is 3. The van der Waals surface area contributed by atoms with Crippen molar-refractivity contribution < 1.29 is 18.7 Å². The molecule has 200 valence electrons. The second-order valence-electron chi connectivity index (χ2n) is 9.21. The number of methoxy groups -OCH3 is 1. The van der Waals surface area contributed by atoms with Crippen molar-refractivity contribution in [3.8, 4) is 16.9 Å². The summed E-state index contributed by atoms with van der Waals surface area (Å²) in [4.78, 5) is 28.2. The fourth-order valence-corrected chi connectivity index (χ4v) is 6.00. The first-order chi connectivity index (χ1) is 19.0. The Kier molecular flexibility index (Phi) is 8.09. The molecule has 2 heterocycles. The van der Waals surface area contributed by atoms with Gasteiger partial charge < -0.3 is 10.1 Å². The third-order valence-corrected chi connectivity index (χ3v) is 7.85. The molecule has 7 nitrogen and oxygen atoms in total. The molecular formula is C30H29FN4O3S. The Bertz CT molecular complexity index is 1470. The lowest BCUT2D eigenvalue weighted by Crippen LogP contribution is -2.43. The lowest BCUT2D eigenvalue weighted by molar-refractivity contribution is -0.123. The topological polar surface area (TPSA) is 76.5 Å².